The molecule has 0 spiro atoms. The molecule has 1 saturated heterocycles. The average molecular weight is 1070 g/mol. The maximum absolute atomic E-state index is 13.1. The van der Waals surface area contributed by atoms with E-state index < -0.39 is 73.9 Å². The summed E-state index contributed by atoms with van der Waals surface area (Å²) in [5.74, 6) is -3.44. The minimum absolute atomic E-state index is 0.0121. The summed E-state index contributed by atoms with van der Waals surface area (Å²) < 4.78 is 28.1. The van der Waals surface area contributed by atoms with Gasteiger partial charge in [0.25, 0.3) is 0 Å². The Morgan fingerprint density at radius 2 is 0.883 bits per heavy atom. The van der Waals surface area contributed by atoms with Crippen LogP contribution in [0.4, 0.5) is 0 Å². The average Bonchev–Trinajstić information content (AvgIpc) is 3.42. The number of aliphatic hydroxyl groups is 2. The number of allylic oxidation sites excluding steroid dienone is 23. The highest BCUT2D eigenvalue weighted by atomic mass is 16.7. The van der Waals surface area contributed by atoms with E-state index in [1.54, 1.807) is 6.08 Å². The highest BCUT2D eigenvalue weighted by Crippen LogP contribution is 2.26. The number of carboxylic acid groups (broad SMARTS) is 1. The molecule has 0 aromatic heterocycles. The quantitative estimate of drug-likeness (QED) is 0.0228. The third-order valence-corrected chi connectivity index (χ3v) is 11.9. The van der Waals surface area contributed by atoms with Gasteiger partial charge in [-0.15, -0.1) is 0 Å². The van der Waals surface area contributed by atoms with Gasteiger partial charge < -0.3 is 39.0 Å². The third kappa shape index (κ3) is 41.4. The molecular weight excluding hydrogens is 973 g/mol. The van der Waals surface area contributed by atoms with Crippen molar-refractivity contribution in [2.75, 3.05) is 13.2 Å². The van der Waals surface area contributed by atoms with E-state index in [1.165, 1.54) is 19.3 Å². The van der Waals surface area contributed by atoms with Crippen LogP contribution in [-0.4, -0.2) is 89.2 Å². The molecule has 6 atom stereocenters. The fraction of sp³-hybridized carbons (Fsp3) is 0.569. The van der Waals surface area contributed by atoms with Gasteiger partial charge in [-0.1, -0.05) is 205 Å². The number of carboxylic acids is 1. The maximum atomic E-state index is 13.1. The van der Waals surface area contributed by atoms with Crippen molar-refractivity contribution in [2.24, 2.45) is 0 Å². The Hall–Kier alpha value is -5.40. The molecule has 12 nitrogen and oxygen atoms in total. The summed E-state index contributed by atoms with van der Waals surface area (Å²) in [5, 5.41) is 31.5. The lowest BCUT2D eigenvalue weighted by Crippen LogP contribution is -2.61. The van der Waals surface area contributed by atoms with Gasteiger partial charge in [0.05, 0.1) is 13.0 Å². The Kier molecular flexibility index (Phi) is 46.4. The number of rotatable bonds is 46. The molecule has 12 heteroatoms. The summed E-state index contributed by atoms with van der Waals surface area (Å²) in [4.78, 5) is 51.0. The summed E-state index contributed by atoms with van der Waals surface area (Å²) in [6, 6.07) is 0. The molecule has 0 bridgehead atoms. The van der Waals surface area contributed by atoms with Crippen molar-refractivity contribution in [3.05, 3.63) is 146 Å². The number of aliphatic carboxylic acids is 1. The van der Waals surface area contributed by atoms with E-state index in [-0.39, 0.29) is 19.3 Å². The van der Waals surface area contributed by atoms with Crippen LogP contribution in [0, 0.1) is 0 Å². The Balaban J connectivity index is 2.78. The SMILES string of the molecule is CC/C=C\C/C=C\C/C=C\C/C=C\C/C=C\CC(=O)OCC(COC1OC(C(=O)O)C(O)C(O)C1OC(=O)CCCCCCCC/C=C\C/C=C\C/C=C\CCCCC)OC(=O)CC/C=C\C/C=C\C/C=C\C/C=C\CC. The number of hydrogen-bond donors (Lipinski definition) is 3. The Morgan fingerprint density at radius 1 is 0.455 bits per heavy atom. The van der Waals surface area contributed by atoms with E-state index in [4.69, 9.17) is 23.7 Å². The van der Waals surface area contributed by atoms with E-state index in [0.717, 1.165) is 103 Å². The zero-order chi connectivity index (χ0) is 56.1. The van der Waals surface area contributed by atoms with E-state index >= 15 is 0 Å². The van der Waals surface area contributed by atoms with Crippen LogP contribution < -0.4 is 0 Å². The van der Waals surface area contributed by atoms with Crippen LogP contribution in [0.25, 0.3) is 0 Å². The maximum Gasteiger partial charge on any atom is 0.335 e. The molecule has 0 amide bonds. The highest BCUT2D eigenvalue weighted by molar-refractivity contribution is 5.74. The molecule has 3 N–H and O–H groups in total. The molecule has 1 heterocycles. The van der Waals surface area contributed by atoms with Crippen LogP contribution in [0.15, 0.2) is 146 Å². The molecule has 1 aliphatic heterocycles. The second-order valence-electron chi connectivity index (χ2n) is 18.8. The number of unbranched alkanes of at least 4 members (excludes halogenated alkanes) is 9. The molecule has 6 unspecified atom stereocenters. The molecule has 0 aliphatic carbocycles. The topological polar surface area (TPSA) is 175 Å². The highest BCUT2D eigenvalue weighted by Gasteiger charge is 2.50. The van der Waals surface area contributed by atoms with Crippen molar-refractivity contribution >= 4 is 23.9 Å². The van der Waals surface area contributed by atoms with Crippen molar-refractivity contribution in [1.82, 2.24) is 0 Å². The van der Waals surface area contributed by atoms with Gasteiger partial charge in [0.1, 0.15) is 18.8 Å². The van der Waals surface area contributed by atoms with Crippen LogP contribution >= 0.6 is 0 Å². The van der Waals surface area contributed by atoms with E-state index in [1.807, 2.05) is 36.5 Å². The molecular formula is C65H98O12. The zero-order valence-corrected chi connectivity index (χ0v) is 47.1. The minimum atomic E-state index is -1.94. The number of carbonyl (C=O) groups excluding carboxylic acids is 3. The van der Waals surface area contributed by atoms with Crippen molar-refractivity contribution in [3.8, 4) is 0 Å². The van der Waals surface area contributed by atoms with Crippen molar-refractivity contribution in [1.29, 1.82) is 0 Å². The molecule has 1 fully saturated rings. The zero-order valence-electron chi connectivity index (χ0n) is 47.1. The molecule has 1 rings (SSSR count). The lowest BCUT2D eigenvalue weighted by atomic mass is 9.98. The van der Waals surface area contributed by atoms with Gasteiger partial charge in [-0.2, -0.15) is 0 Å². The van der Waals surface area contributed by atoms with Crippen LogP contribution in [0.1, 0.15) is 188 Å². The van der Waals surface area contributed by atoms with Gasteiger partial charge in [0, 0.05) is 12.8 Å². The Labute approximate surface area is 463 Å². The predicted molar refractivity (Wildman–Crippen MR) is 312 cm³/mol. The standard InChI is InChI=1S/C65H98O12/c1-4-7-10-13-16-19-22-25-27-28-29-30-32-35-38-41-44-47-50-53-59(68)76-63-61(70)60(69)62(64(71)72)77-65(63)74-55-56(75-58(67)52-49-46-43-40-37-33-24-21-18-15-12-9-6-3)54-73-57(66)51-48-45-42-39-36-34-31-26-23-20-17-14-11-8-5-2/h8-9,11-12,16-21,25-27,29-31,33,36-37,39,43,45-46,48,56,60-63,65,69-70H,4-7,10,13-15,22-24,28,32,34-35,38,40-42,44,47,49-55H2,1-3H3,(H,71,72)/b11-8-,12-9-,19-16-,20-17-,21-18-,27-25-,30-29-,31-26-,37-33-,39-36-,46-43-,48-45-. The summed E-state index contributed by atoms with van der Waals surface area (Å²) in [5.41, 5.74) is 0. The van der Waals surface area contributed by atoms with E-state index in [2.05, 4.69) is 124 Å². The minimum Gasteiger partial charge on any atom is -0.479 e. The predicted octanol–water partition coefficient (Wildman–Crippen LogP) is 14.8. The molecule has 0 saturated carbocycles. The lowest BCUT2D eigenvalue weighted by Gasteiger charge is -2.40. The van der Waals surface area contributed by atoms with Gasteiger partial charge in [-0.25, -0.2) is 4.79 Å². The first-order chi connectivity index (χ1) is 37.6. The monoisotopic (exact) mass is 1070 g/mol. The first-order valence-corrected chi connectivity index (χ1v) is 28.8. The second kappa shape index (κ2) is 51.4. The van der Waals surface area contributed by atoms with Gasteiger partial charge >= 0.3 is 23.9 Å². The van der Waals surface area contributed by atoms with E-state index in [9.17, 15) is 34.5 Å². The van der Waals surface area contributed by atoms with Crippen LogP contribution in [0.5, 0.6) is 0 Å². The van der Waals surface area contributed by atoms with Gasteiger partial charge in [0.2, 0.25) is 0 Å². The van der Waals surface area contributed by atoms with Crippen LogP contribution in [0.3, 0.4) is 0 Å². The molecule has 430 valence electrons. The summed E-state index contributed by atoms with van der Waals surface area (Å²) in [6.07, 6.45) is 61.5. The number of ether oxygens (including phenoxy) is 5. The number of aliphatic hydroxyl groups excluding tert-OH is 2. The Morgan fingerprint density at radius 3 is 1.36 bits per heavy atom. The molecule has 0 aromatic rings. The fourth-order valence-electron chi connectivity index (χ4n) is 7.58. The van der Waals surface area contributed by atoms with Crippen molar-refractivity contribution in [3.63, 3.8) is 0 Å². The largest absolute Gasteiger partial charge is 0.479 e. The van der Waals surface area contributed by atoms with Crippen molar-refractivity contribution in [2.45, 2.75) is 225 Å². The summed E-state index contributed by atoms with van der Waals surface area (Å²) in [6.45, 7) is 5.55. The normalized spacial score (nSPS) is 19.1. The molecule has 1 aliphatic rings. The summed E-state index contributed by atoms with van der Waals surface area (Å²) >= 11 is 0. The van der Waals surface area contributed by atoms with Gasteiger partial charge in [-0.05, 0) is 109 Å². The fourth-order valence-corrected chi connectivity index (χ4v) is 7.58. The Bertz CT molecular complexity index is 1890. The molecule has 77 heavy (non-hydrogen) atoms. The second-order valence-corrected chi connectivity index (χ2v) is 18.8. The third-order valence-electron chi connectivity index (χ3n) is 11.9. The smallest absolute Gasteiger partial charge is 0.335 e. The molecule has 0 aromatic carbocycles. The van der Waals surface area contributed by atoms with Gasteiger partial charge in [0.15, 0.2) is 24.6 Å². The number of carbonyl (C=O) groups is 4. The van der Waals surface area contributed by atoms with E-state index in [0.29, 0.717) is 25.7 Å². The lowest BCUT2D eigenvalue weighted by molar-refractivity contribution is -0.301. The molecule has 0 radical (unpaired) electrons. The number of esters is 3. The van der Waals surface area contributed by atoms with Crippen molar-refractivity contribution < 1.29 is 58.2 Å². The first kappa shape index (κ1) is 69.6. The van der Waals surface area contributed by atoms with Crippen LogP contribution in [-0.2, 0) is 42.9 Å². The number of hydrogen-bond acceptors (Lipinski definition) is 11. The first-order valence-electron chi connectivity index (χ1n) is 28.8. The summed E-state index contributed by atoms with van der Waals surface area (Å²) in [7, 11) is 0. The van der Waals surface area contributed by atoms with Crippen LogP contribution in [0.2, 0.25) is 0 Å². The van der Waals surface area contributed by atoms with Gasteiger partial charge in [-0.3, -0.25) is 14.4 Å².